The van der Waals surface area contributed by atoms with E-state index in [0.717, 1.165) is 5.92 Å². The Morgan fingerprint density at radius 3 is 2.87 bits per heavy atom. The van der Waals surface area contributed by atoms with Gasteiger partial charge in [0.1, 0.15) is 0 Å². The molecule has 2 nitrogen and oxygen atoms in total. The molecule has 1 heterocycles. The van der Waals surface area contributed by atoms with E-state index in [-0.39, 0.29) is 0 Å². The molecule has 0 bridgehead atoms. The van der Waals surface area contributed by atoms with E-state index >= 15 is 0 Å². The number of unbranched alkanes of at least 4 members (excludes halogenated alkanes) is 1. The summed E-state index contributed by atoms with van der Waals surface area (Å²) in [5, 5.41) is 3.55. The normalized spacial score (nSPS) is 23.2. The molecule has 0 aliphatic carbocycles. The SMILES string of the molecule is CCCCN1CCCC(CNCCC)C1. The van der Waals surface area contributed by atoms with Crippen LogP contribution in [0.1, 0.15) is 46.0 Å². The number of piperidine rings is 1. The summed E-state index contributed by atoms with van der Waals surface area (Å²) in [7, 11) is 0. The predicted molar refractivity (Wildman–Crippen MR) is 67.2 cm³/mol. The van der Waals surface area contributed by atoms with Crippen molar-refractivity contribution in [2.24, 2.45) is 5.92 Å². The Kier molecular flexibility index (Phi) is 7.03. The van der Waals surface area contributed by atoms with E-state index in [1.807, 2.05) is 0 Å². The van der Waals surface area contributed by atoms with E-state index in [1.54, 1.807) is 0 Å². The average molecular weight is 212 g/mol. The van der Waals surface area contributed by atoms with Crippen LogP contribution in [0, 0.1) is 5.92 Å². The second-order valence-electron chi connectivity index (χ2n) is 4.87. The van der Waals surface area contributed by atoms with Crippen molar-refractivity contribution in [2.45, 2.75) is 46.0 Å². The predicted octanol–water partition coefficient (Wildman–Crippen LogP) is 2.50. The molecular formula is C13H28N2. The van der Waals surface area contributed by atoms with Crippen molar-refractivity contribution < 1.29 is 0 Å². The van der Waals surface area contributed by atoms with E-state index < -0.39 is 0 Å². The number of likely N-dealkylation sites (tertiary alicyclic amines) is 1. The van der Waals surface area contributed by atoms with Crippen LogP contribution in [-0.4, -0.2) is 37.6 Å². The van der Waals surface area contributed by atoms with Crippen molar-refractivity contribution in [3.63, 3.8) is 0 Å². The lowest BCUT2D eigenvalue weighted by atomic mass is 9.98. The van der Waals surface area contributed by atoms with Crippen LogP contribution in [0.15, 0.2) is 0 Å². The Labute approximate surface area is 95.4 Å². The van der Waals surface area contributed by atoms with Gasteiger partial charge in [0, 0.05) is 6.54 Å². The number of rotatable bonds is 7. The number of nitrogens with zero attached hydrogens (tertiary/aromatic N) is 1. The summed E-state index contributed by atoms with van der Waals surface area (Å²) in [4.78, 5) is 2.66. The number of hydrogen-bond acceptors (Lipinski definition) is 2. The molecule has 2 heteroatoms. The van der Waals surface area contributed by atoms with Gasteiger partial charge in [-0.05, 0) is 57.8 Å². The first kappa shape index (κ1) is 13.0. The van der Waals surface area contributed by atoms with Crippen molar-refractivity contribution in [2.75, 3.05) is 32.7 Å². The first-order chi connectivity index (χ1) is 7.36. The topological polar surface area (TPSA) is 15.3 Å². The zero-order chi connectivity index (χ0) is 10.9. The summed E-state index contributed by atoms with van der Waals surface area (Å²) in [5.41, 5.74) is 0. The van der Waals surface area contributed by atoms with Crippen LogP contribution in [0.4, 0.5) is 0 Å². The highest BCUT2D eigenvalue weighted by Crippen LogP contribution is 2.16. The fourth-order valence-corrected chi connectivity index (χ4v) is 2.39. The molecule has 1 saturated heterocycles. The van der Waals surface area contributed by atoms with E-state index in [2.05, 4.69) is 24.1 Å². The molecular weight excluding hydrogens is 184 g/mol. The van der Waals surface area contributed by atoms with E-state index in [1.165, 1.54) is 64.8 Å². The van der Waals surface area contributed by atoms with Gasteiger partial charge in [-0.2, -0.15) is 0 Å². The molecule has 0 amide bonds. The van der Waals surface area contributed by atoms with Crippen LogP contribution >= 0.6 is 0 Å². The largest absolute Gasteiger partial charge is 0.316 e. The maximum absolute atomic E-state index is 3.55. The molecule has 1 atom stereocenters. The van der Waals surface area contributed by atoms with Crippen molar-refractivity contribution in [1.29, 1.82) is 0 Å². The summed E-state index contributed by atoms with van der Waals surface area (Å²) in [5.74, 6) is 0.905. The third-order valence-corrected chi connectivity index (χ3v) is 3.29. The molecule has 1 N–H and O–H groups in total. The molecule has 1 aliphatic heterocycles. The Bertz CT molecular complexity index is 147. The molecule has 1 fully saturated rings. The molecule has 0 aromatic heterocycles. The summed E-state index contributed by atoms with van der Waals surface area (Å²) >= 11 is 0. The minimum absolute atomic E-state index is 0.905. The molecule has 0 aromatic rings. The highest BCUT2D eigenvalue weighted by Gasteiger charge is 2.18. The highest BCUT2D eigenvalue weighted by atomic mass is 15.1. The molecule has 0 saturated carbocycles. The van der Waals surface area contributed by atoms with E-state index in [9.17, 15) is 0 Å². The van der Waals surface area contributed by atoms with Gasteiger partial charge in [0.15, 0.2) is 0 Å². The van der Waals surface area contributed by atoms with Gasteiger partial charge in [0.2, 0.25) is 0 Å². The monoisotopic (exact) mass is 212 g/mol. The Balaban J connectivity index is 2.11. The van der Waals surface area contributed by atoms with Crippen molar-refractivity contribution in [3.8, 4) is 0 Å². The Hall–Kier alpha value is -0.0800. The Morgan fingerprint density at radius 1 is 1.27 bits per heavy atom. The maximum atomic E-state index is 3.55. The molecule has 1 unspecified atom stereocenters. The van der Waals surface area contributed by atoms with Crippen molar-refractivity contribution >= 4 is 0 Å². The van der Waals surface area contributed by atoms with Crippen molar-refractivity contribution in [3.05, 3.63) is 0 Å². The second kappa shape index (κ2) is 8.12. The van der Waals surface area contributed by atoms with E-state index in [0.29, 0.717) is 0 Å². The first-order valence-corrected chi connectivity index (χ1v) is 6.79. The fraction of sp³-hybridized carbons (Fsp3) is 1.00. The van der Waals surface area contributed by atoms with Crippen LogP contribution in [0.3, 0.4) is 0 Å². The summed E-state index contributed by atoms with van der Waals surface area (Å²) in [6.45, 7) is 10.9. The zero-order valence-electron chi connectivity index (χ0n) is 10.6. The minimum atomic E-state index is 0.905. The van der Waals surface area contributed by atoms with E-state index in [4.69, 9.17) is 0 Å². The molecule has 0 aromatic carbocycles. The second-order valence-corrected chi connectivity index (χ2v) is 4.87. The van der Waals surface area contributed by atoms with Gasteiger partial charge < -0.3 is 10.2 Å². The summed E-state index contributed by atoms with van der Waals surface area (Å²) < 4.78 is 0. The van der Waals surface area contributed by atoms with Crippen LogP contribution < -0.4 is 5.32 Å². The number of nitrogens with one attached hydrogen (secondary N) is 1. The fourth-order valence-electron chi connectivity index (χ4n) is 2.39. The molecule has 1 aliphatic rings. The van der Waals surface area contributed by atoms with Gasteiger partial charge in [0.25, 0.3) is 0 Å². The smallest absolute Gasteiger partial charge is 0.00218 e. The lowest BCUT2D eigenvalue weighted by Gasteiger charge is -2.32. The average Bonchev–Trinajstić information content (AvgIpc) is 2.27. The first-order valence-electron chi connectivity index (χ1n) is 6.79. The van der Waals surface area contributed by atoms with Crippen LogP contribution in [-0.2, 0) is 0 Å². The third-order valence-electron chi connectivity index (χ3n) is 3.29. The minimum Gasteiger partial charge on any atom is -0.316 e. The van der Waals surface area contributed by atoms with Crippen LogP contribution in [0.25, 0.3) is 0 Å². The third kappa shape index (κ3) is 5.53. The summed E-state index contributed by atoms with van der Waals surface area (Å²) in [6.07, 6.45) is 6.79. The number of hydrogen-bond donors (Lipinski definition) is 1. The quantitative estimate of drug-likeness (QED) is 0.652. The van der Waals surface area contributed by atoms with Gasteiger partial charge >= 0.3 is 0 Å². The van der Waals surface area contributed by atoms with Gasteiger partial charge in [0.05, 0.1) is 0 Å². The standard InChI is InChI=1S/C13H28N2/c1-3-5-9-15-10-6-7-13(12-15)11-14-8-4-2/h13-14H,3-12H2,1-2H3. The molecule has 0 radical (unpaired) electrons. The molecule has 15 heavy (non-hydrogen) atoms. The van der Waals surface area contributed by atoms with Crippen LogP contribution in [0.2, 0.25) is 0 Å². The van der Waals surface area contributed by atoms with Crippen LogP contribution in [0.5, 0.6) is 0 Å². The van der Waals surface area contributed by atoms with Crippen molar-refractivity contribution in [1.82, 2.24) is 10.2 Å². The Morgan fingerprint density at radius 2 is 2.13 bits per heavy atom. The van der Waals surface area contributed by atoms with Gasteiger partial charge in [-0.25, -0.2) is 0 Å². The maximum Gasteiger partial charge on any atom is 0.00218 e. The highest BCUT2D eigenvalue weighted by molar-refractivity contribution is 4.74. The van der Waals surface area contributed by atoms with Gasteiger partial charge in [-0.3, -0.25) is 0 Å². The van der Waals surface area contributed by atoms with Gasteiger partial charge in [-0.1, -0.05) is 20.3 Å². The summed E-state index contributed by atoms with van der Waals surface area (Å²) in [6, 6.07) is 0. The molecule has 1 rings (SSSR count). The molecule has 0 spiro atoms. The lowest BCUT2D eigenvalue weighted by Crippen LogP contribution is -2.40. The molecule has 90 valence electrons. The van der Waals surface area contributed by atoms with Gasteiger partial charge in [-0.15, -0.1) is 0 Å². The lowest BCUT2D eigenvalue weighted by molar-refractivity contribution is 0.170. The zero-order valence-corrected chi connectivity index (χ0v) is 10.6.